The van der Waals surface area contributed by atoms with Crippen molar-refractivity contribution in [1.82, 2.24) is 4.57 Å². The minimum atomic E-state index is -0.380. The van der Waals surface area contributed by atoms with Crippen molar-refractivity contribution < 1.29 is 14.3 Å². The highest BCUT2D eigenvalue weighted by Crippen LogP contribution is 2.20. The molecule has 1 aromatic heterocycles. The van der Waals surface area contributed by atoms with Crippen molar-refractivity contribution in [2.24, 2.45) is 4.99 Å². The summed E-state index contributed by atoms with van der Waals surface area (Å²) in [4.78, 5) is 29.2. The molecule has 1 amide bonds. The van der Waals surface area contributed by atoms with E-state index in [0.29, 0.717) is 15.9 Å². The predicted molar refractivity (Wildman–Crippen MR) is 106 cm³/mol. The first-order chi connectivity index (χ1) is 12.6. The number of amides is 1. The highest BCUT2D eigenvalue weighted by Gasteiger charge is 2.12. The Morgan fingerprint density at radius 1 is 1.15 bits per heavy atom. The number of thioether (sulfide) groups is 1. The Labute approximate surface area is 159 Å². The van der Waals surface area contributed by atoms with Gasteiger partial charge in [-0.1, -0.05) is 29.5 Å². The standard InChI is InChI=1S/C19H18N2O3S2/c1-24-18(23)14-8-9-15-16(12-14)26-19(21(15)10-11-25-2)20-17(22)13-6-4-3-5-7-13/h3-9,12H,10-11H2,1-2H3. The van der Waals surface area contributed by atoms with Crippen LogP contribution in [0.3, 0.4) is 0 Å². The highest BCUT2D eigenvalue weighted by molar-refractivity contribution is 7.98. The van der Waals surface area contributed by atoms with Gasteiger partial charge in [0.25, 0.3) is 5.91 Å². The Kier molecular flexibility index (Phi) is 5.90. The third-order valence-corrected chi connectivity index (χ3v) is 5.47. The maximum atomic E-state index is 12.5. The van der Waals surface area contributed by atoms with Gasteiger partial charge in [-0.2, -0.15) is 16.8 Å². The molecule has 1 heterocycles. The van der Waals surface area contributed by atoms with Crippen molar-refractivity contribution in [3.8, 4) is 0 Å². The maximum absolute atomic E-state index is 12.5. The van der Waals surface area contributed by atoms with E-state index in [-0.39, 0.29) is 11.9 Å². The van der Waals surface area contributed by atoms with Crippen molar-refractivity contribution in [2.75, 3.05) is 19.1 Å². The number of rotatable bonds is 5. The molecule has 0 saturated carbocycles. The van der Waals surface area contributed by atoms with Crippen LogP contribution in [0.5, 0.6) is 0 Å². The summed E-state index contributed by atoms with van der Waals surface area (Å²) in [6.07, 6.45) is 2.04. The zero-order chi connectivity index (χ0) is 18.5. The van der Waals surface area contributed by atoms with Crippen LogP contribution in [-0.4, -0.2) is 35.6 Å². The lowest BCUT2D eigenvalue weighted by Crippen LogP contribution is -2.18. The third-order valence-electron chi connectivity index (χ3n) is 3.84. The molecule has 3 rings (SSSR count). The molecule has 0 radical (unpaired) electrons. The first-order valence-corrected chi connectivity index (χ1v) is 10.2. The molecule has 0 aliphatic rings. The molecule has 0 atom stereocenters. The Hall–Kier alpha value is -2.38. The van der Waals surface area contributed by atoms with Crippen LogP contribution in [0.1, 0.15) is 20.7 Å². The summed E-state index contributed by atoms with van der Waals surface area (Å²) in [6, 6.07) is 14.4. The zero-order valence-corrected chi connectivity index (χ0v) is 16.1. The molecule has 0 unspecified atom stereocenters. The number of carbonyl (C=O) groups excluding carboxylic acids is 2. The van der Waals surface area contributed by atoms with E-state index in [0.717, 1.165) is 22.5 Å². The zero-order valence-electron chi connectivity index (χ0n) is 14.5. The molecule has 26 heavy (non-hydrogen) atoms. The second-order valence-electron chi connectivity index (χ2n) is 5.49. The average Bonchev–Trinajstić information content (AvgIpc) is 3.02. The van der Waals surface area contributed by atoms with E-state index in [9.17, 15) is 9.59 Å². The van der Waals surface area contributed by atoms with Crippen molar-refractivity contribution in [1.29, 1.82) is 0 Å². The van der Waals surface area contributed by atoms with Gasteiger partial charge in [0, 0.05) is 17.9 Å². The Morgan fingerprint density at radius 2 is 1.92 bits per heavy atom. The van der Waals surface area contributed by atoms with Crippen molar-refractivity contribution in [3.05, 3.63) is 64.5 Å². The number of ether oxygens (including phenoxy) is 1. The third kappa shape index (κ3) is 3.89. The molecule has 134 valence electrons. The summed E-state index contributed by atoms with van der Waals surface area (Å²) in [6.45, 7) is 0.736. The molecular formula is C19H18N2O3S2. The van der Waals surface area contributed by atoms with Gasteiger partial charge >= 0.3 is 5.97 Å². The predicted octanol–water partition coefficient (Wildman–Crippen LogP) is 3.59. The number of thiazole rings is 1. The molecule has 0 N–H and O–H groups in total. The summed E-state index contributed by atoms with van der Waals surface area (Å²) in [5.41, 5.74) is 1.99. The minimum Gasteiger partial charge on any atom is -0.465 e. The molecule has 5 nitrogen and oxygen atoms in total. The van der Waals surface area contributed by atoms with Crippen LogP contribution in [0.2, 0.25) is 0 Å². The summed E-state index contributed by atoms with van der Waals surface area (Å²) in [7, 11) is 1.36. The molecule has 2 aromatic carbocycles. The molecule has 7 heteroatoms. The fourth-order valence-electron chi connectivity index (χ4n) is 2.53. The summed E-state index contributed by atoms with van der Waals surface area (Å²) in [5, 5.41) is 0. The number of aromatic nitrogens is 1. The SMILES string of the molecule is COC(=O)c1ccc2c(c1)sc(=NC(=O)c1ccccc1)n2CCSC. The normalized spacial score (nSPS) is 11.7. The van der Waals surface area contributed by atoms with E-state index in [1.807, 2.05) is 35.1 Å². The summed E-state index contributed by atoms with van der Waals surface area (Å²) in [5.74, 6) is 0.246. The van der Waals surface area contributed by atoms with Crippen LogP contribution in [0.15, 0.2) is 53.5 Å². The lowest BCUT2D eigenvalue weighted by molar-refractivity contribution is 0.0601. The number of carbonyl (C=O) groups is 2. The van der Waals surface area contributed by atoms with Crippen molar-refractivity contribution in [3.63, 3.8) is 0 Å². The number of hydrogen-bond acceptors (Lipinski definition) is 5. The first kappa shape index (κ1) is 18.4. The van der Waals surface area contributed by atoms with Gasteiger partial charge in [0.05, 0.1) is 22.9 Å². The van der Waals surface area contributed by atoms with Gasteiger partial charge in [-0.05, 0) is 36.6 Å². The monoisotopic (exact) mass is 386 g/mol. The number of benzene rings is 2. The molecule has 0 spiro atoms. The second kappa shape index (κ2) is 8.33. The van der Waals surface area contributed by atoms with Crippen LogP contribution < -0.4 is 4.80 Å². The van der Waals surface area contributed by atoms with Gasteiger partial charge in [0.15, 0.2) is 4.80 Å². The number of fused-ring (bicyclic) bond motifs is 1. The molecule has 0 aliphatic carbocycles. The number of methoxy groups -OCH3 is 1. The van der Waals surface area contributed by atoms with E-state index in [2.05, 4.69) is 4.99 Å². The van der Waals surface area contributed by atoms with Crippen LogP contribution in [0.25, 0.3) is 10.2 Å². The van der Waals surface area contributed by atoms with Gasteiger partial charge in [-0.15, -0.1) is 0 Å². The number of esters is 1. The lowest BCUT2D eigenvalue weighted by Gasteiger charge is -2.04. The van der Waals surface area contributed by atoms with Crippen molar-refractivity contribution >= 4 is 45.2 Å². The van der Waals surface area contributed by atoms with Gasteiger partial charge in [0.1, 0.15) is 0 Å². The first-order valence-electron chi connectivity index (χ1n) is 7.99. The van der Waals surface area contributed by atoms with Crippen LogP contribution in [0, 0.1) is 0 Å². The topological polar surface area (TPSA) is 60.7 Å². The van der Waals surface area contributed by atoms with Gasteiger partial charge in [-0.3, -0.25) is 4.79 Å². The Morgan fingerprint density at radius 3 is 2.62 bits per heavy atom. The highest BCUT2D eigenvalue weighted by atomic mass is 32.2. The van der Waals surface area contributed by atoms with Gasteiger partial charge in [-0.25, -0.2) is 4.79 Å². The van der Waals surface area contributed by atoms with E-state index in [4.69, 9.17) is 4.74 Å². The van der Waals surface area contributed by atoms with E-state index >= 15 is 0 Å². The van der Waals surface area contributed by atoms with Crippen LogP contribution >= 0.6 is 23.1 Å². The molecular weight excluding hydrogens is 368 g/mol. The smallest absolute Gasteiger partial charge is 0.337 e. The van der Waals surface area contributed by atoms with Crippen LogP contribution in [0.4, 0.5) is 0 Å². The maximum Gasteiger partial charge on any atom is 0.337 e. The fourth-order valence-corrected chi connectivity index (χ4v) is 3.99. The van der Waals surface area contributed by atoms with Gasteiger partial charge < -0.3 is 9.30 Å². The average molecular weight is 386 g/mol. The molecule has 0 fully saturated rings. The Balaban J connectivity index is 2.11. The van der Waals surface area contributed by atoms with E-state index < -0.39 is 0 Å². The number of aryl methyl sites for hydroxylation is 1. The van der Waals surface area contributed by atoms with E-state index in [1.54, 1.807) is 36.0 Å². The lowest BCUT2D eigenvalue weighted by atomic mass is 10.2. The molecule has 0 bridgehead atoms. The Bertz CT molecular complexity index is 1010. The summed E-state index contributed by atoms with van der Waals surface area (Å²) >= 11 is 3.12. The summed E-state index contributed by atoms with van der Waals surface area (Å²) < 4.78 is 7.71. The fraction of sp³-hybridized carbons (Fsp3) is 0.211. The minimum absolute atomic E-state index is 0.275. The van der Waals surface area contributed by atoms with Crippen LogP contribution in [-0.2, 0) is 11.3 Å². The number of nitrogens with zero attached hydrogens (tertiary/aromatic N) is 2. The number of hydrogen-bond donors (Lipinski definition) is 0. The molecule has 0 aliphatic heterocycles. The van der Waals surface area contributed by atoms with Crippen molar-refractivity contribution in [2.45, 2.75) is 6.54 Å². The second-order valence-corrected chi connectivity index (χ2v) is 7.48. The van der Waals surface area contributed by atoms with E-state index in [1.165, 1.54) is 18.4 Å². The quantitative estimate of drug-likeness (QED) is 0.629. The molecule has 0 saturated heterocycles. The molecule has 3 aromatic rings. The largest absolute Gasteiger partial charge is 0.465 e. The van der Waals surface area contributed by atoms with Gasteiger partial charge in [0.2, 0.25) is 0 Å².